The molecule has 134 valence electrons. The molecule has 0 radical (unpaired) electrons. The maximum absolute atomic E-state index is 13.2. The van der Waals surface area contributed by atoms with Gasteiger partial charge in [0.25, 0.3) is 5.91 Å². The maximum atomic E-state index is 13.2. The van der Waals surface area contributed by atoms with E-state index >= 15 is 0 Å². The highest BCUT2D eigenvalue weighted by molar-refractivity contribution is 6.04. The molecule has 0 fully saturated rings. The Balaban J connectivity index is 1.37. The molecule has 3 aromatic carbocycles. The van der Waals surface area contributed by atoms with Crippen LogP contribution in [0.1, 0.15) is 21.7 Å². The van der Waals surface area contributed by atoms with Crippen molar-refractivity contribution >= 4 is 22.6 Å². The molecular formula is C22H18FN3O. The first-order valence-corrected chi connectivity index (χ1v) is 8.77. The molecule has 4 rings (SSSR count). The smallest absolute Gasteiger partial charge is 0.255 e. The molecule has 0 unspecified atom stereocenters. The van der Waals surface area contributed by atoms with Crippen LogP contribution in [0.25, 0.3) is 11.0 Å². The fraction of sp³-hybridized carbons (Fsp3) is 0.0909. The molecule has 4 nitrogen and oxygen atoms in total. The van der Waals surface area contributed by atoms with Gasteiger partial charge in [-0.3, -0.25) is 4.79 Å². The van der Waals surface area contributed by atoms with Crippen molar-refractivity contribution in [3.05, 3.63) is 95.6 Å². The van der Waals surface area contributed by atoms with E-state index in [0.29, 0.717) is 11.3 Å². The Morgan fingerprint density at radius 2 is 1.78 bits per heavy atom. The van der Waals surface area contributed by atoms with Crippen LogP contribution in [0.3, 0.4) is 0 Å². The number of rotatable bonds is 5. The lowest BCUT2D eigenvalue weighted by atomic mass is 10.1. The fourth-order valence-corrected chi connectivity index (χ4v) is 2.97. The van der Waals surface area contributed by atoms with Gasteiger partial charge in [-0.05, 0) is 54.4 Å². The van der Waals surface area contributed by atoms with E-state index in [1.807, 2.05) is 48.5 Å². The first-order valence-electron chi connectivity index (χ1n) is 8.77. The van der Waals surface area contributed by atoms with Gasteiger partial charge in [-0.1, -0.05) is 30.3 Å². The highest BCUT2D eigenvalue weighted by Crippen LogP contribution is 2.15. The third-order valence-electron chi connectivity index (χ3n) is 4.39. The first-order chi connectivity index (χ1) is 13.2. The van der Waals surface area contributed by atoms with Crippen molar-refractivity contribution in [1.29, 1.82) is 0 Å². The zero-order chi connectivity index (χ0) is 18.6. The first kappa shape index (κ1) is 17.0. The SMILES string of the molecule is O=C(Nc1ccc(CCc2nc3ccccc3[nH]2)cc1)c1cccc(F)c1. The number of anilines is 1. The summed E-state index contributed by atoms with van der Waals surface area (Å²) < 4.78 is 13.2. The highest BCUT2D eigenvalue weighted by Gasteiger charge is 2.07. The molecule has 1 heterocycles. The van der Waals surface area contributed by atoms with Crippen molar-refractivity contribution in [1.82, 2.24) is 9.97 Å². The predicted molar refractivity (Wildman–Crippen MR) is 104 cm³/mol. The average molecular weight is 359 g/mol. The molecule has 0 bridgehead atoms. The molecule has 2 N–H and O–H groups in total. The van der Waals surface area contributed by atoms with Gasteiger partial charge in [-0.25, -0.2) is 9.37 Å². The van der Waals surface area contributed by atoms with E-state index in [4.69, 9.17) is 0 Å². The van der Waals surface area contributed by atoms with Crippen molar-refractivity contribution < 1.29 is 9.18 Å². The van der Waals surface area contributed by atoms with Gasteiger partial charge in [0.1, 0.15) is 11.6 Å². The highest BCUT2D eigenvalue weighted by atomic mass is 19.1. The number of hydrogen-bond acceptors (Lipinski definition) is 2. The lowest BCUT2D eigenvalue weighted by Crippen LogP contribution is -2.12. The van der Waals surface area contributed by atoms with Crippen LogP contribution in [-0.2, 0) is 12.8 Å². The fourth-order valence-electron chi connectivity index (χ4n) is 2.97. The standard InChI is InChI=1S/C22H18FN3O/c23-17-5-3-4-16(14-17)22(27)24-18-11-8-15(9-12-18)10-13-21-25-19-6-1-2-7-20(19)26-21/h1-9,11-12,14H,10,13H2,(H,24,27)(H,25,26). The van der Waals surface area contributed by atoms with Gasteiger partial charge < -0.3 is 10.3 Å². The van der Waals surface area contributed by atoms with E-state index in [0.717, 1.165) is 35.3 Å². The van der Waals surface area contributed by atoms with Crippen LogP contribution in [-0.4, -0.2) is 15.9 Å². The van der Waals surface area contributed by atoms with Crippen molar-refractivity contribution in [3.8, 4) is 0 Å². The Morgan fingerprint density at radius 3 is 2.56 bits per heavy atom. The quantitative estimate of drug-likeness (QED) is 0.541. The maximum Gasteiger partial charge on any atom is 0.255 e. The second-order valence-electron chi connectivity index (χ2n) is 6.36. The number of aromatic amines is 1. The topological polar surface area (TPSA) is 57.8 Å². The second-order valence-corrected chi connectivity index (χ2v) is 6.36. The summed E-state index contributed by atoms with van der Waals surface area (Å²) in [6, 6.07) is 21.3. The number of imidazole rings is 1. The molecule has 0 aliphatic rings. The van der Waals surface area contributed by atoms with Gasteiger partial charge in [-0.15, -0.1) is 0 Å². The van der Waals surface area contributed by atoms with E-state index < -0.39 is 5.82 Å². The number of fused-ring (bicyclic) bond motifs is 1. The normalized spacial score (nSPS) is 10.9. The van der Waals surface area contributed by atoms with Gasteiger partial charge in [0, 0.05) is 17.7 Å². The molecule has 5 heteroatoms. The Hall–Kier alpha value is -3.47. The monoisotopic (exact) mass is 359 g/mol. The van der Waals surface area contributed by atoms with Gasteiger partial charge in [-0.2, -0.15) is 0 Å². The molecule has 0 saturated carbocycles. The van der Waals surface area contributed by atoms with Crippen LogP contribution in [0, 0.1) is 5.82 Å². The summed E-state index contributed by atoms with van der Waals surface area (Å²) in [4.78, 5) is 20.1. The largest absolute Gasteiger partial charge is 0.342 e. The van der Waals surface area contributed by atoms with Crippen molar-refractivity contribution in [2.75, 3.05) is 5.32 Å². The molecule has 1 amide bonds. The lowest BCUT2D eigenvalue weighted by Gasteiger charge is -2.07. The summed E-state index contributed by atoms with van der Waals surface area (Å²) in [5.41, 5.74) is 4.14. The molecule has 0 aliphatic heterocycles. The van der Waals surface area contributed by atoms with Crippen molar-refractivity contribution in [2.45, 2.75) is 12.8 Å². The number of aryl methyl sites for hydroxylation is 2. The molecular weight excluding hydrogens is 341 g/mol. The Labute approximate surface area is 156 Å². The van der Waals surface area contributed by atoms with E-state index in [1.165, 1.54) is 18.2 Å². The molecule has 0 aliphatic carbocycles. The van der Waals surface area contributed by atoms with Gasteiger partial charge >= 0.3 is 0 Å². The number of H-pyrrole nitrogens is 1. The van der Waals surface area contributed by atoms with E-state index in [9.17, 15) is 9.18 Å². The number of halogens is 1. The number of carbonyl (C=O) groups excluding carboxylic acids is 1. The molecule has 4 aromatic rings. The Morgan fingerprint density at radius 1 is 0.963 bits per heavy atom. The third kappa shape index (κ3) is 4.03. The zero-order valence-corrected chi connectivity index (χ0v) is 14.6. The minimum Gasteiger partial charge on any atom is -0.342 e. The molecule has 0 atom stereocenters. The minimum absolute atomic E-state index is 0.295. The minimum atomic E-state index is -0.427. The van der Waals surface area contributed by atoms with Gasteiger partial charge in [0.15, 0.2) is 0 Å². The Bertz CT molecular complexity index is 1050. The van der Waals surface area contributed by atoms with Crippen LogP contribution >= 0.6 is 0 Å². The average Bonchev–Trinajstić information content (AvgIpc) is 3.10. The summed E-state index contributed by atoms with van der Waals surface area (Å²) in [5, 5.41) is 2.78. The summed E-state index contributed by atoms with van der Waals surface area (Å²) in [5.74, 6) is 0.202. The number of para-hydroxylation sites is 2. The van der Waals surface area contributed by atoms with Crippen LogP contribution in [0.5, 0.6) is 0 Å². The van der Waals surface area contributed by atoms with Gasteiger partial charge in [0.05, 0.1) is 11.0 Å². The van der Waals surface area contributed by atoms with E-state index in [-0.39, 0.29) is 5.91 Å². The van der Waals surface area contributed by atoms with Crippen molar-refractivity contribution in [3.63, 3.8) is 0 Å². The number of hydrogen-bond donors (Lipinski definition) is 2. The number of carbonyl (C=O) groups is 1. The number of amides is 1. The molecule has 27 heavy (non-hydrogen) atoms. The molecule has 0 spiro atoms. The zero-order valence-electron chi connectivity index (χ0n) is 14.6. The third-order valence-corrected chi connectivity index (χ3v) is 4.39. The number of nitrogens with zero attached hydrogens (tertiary/aromatic N) is 1. The lowest BCUT2D eigenvalue weighted by molar-refractivity contribution is 0.102. The van der Waals surface area contributed by atoms with Crippen LogP contribution in [0.15, 0.2) is 72.8 Å². The summed E-state index contributed by atoms with van der Waals surface area (Å²) in [6.07, 6.45) is 1.65. The number of nitrogens with one attached hydrogen (secondary N) is 2. The van der Waals surface area contributed by atoms with Crippen LogP contribution in [0.2, 0.25) is 0 Å². The number of aromatic nitrogens is 2. The molecule has 0 saturated heterocycles. The predicted octanol–water partition coefficient (Wildman–Crippen LogP) is 4.74. The second kappa shape index (κ2) is 7.41. The molecule has 1 aromatic heterocycles. The van der Waals surface area contributed by atoms with E-state index in [2.05, 4.69) is 15.3 Å². The number of benzene rings is 3. The Kier molecular flexibility index (Phi) is 4.66. The summed E-state index contributed by atoms with van der Waals surface area (Å²) in [6.45, 7) is 0. The summed E-state index contributed by atoms with van der Waals surface area (Å²) in [7, 11) is 0. The van der Waals surface area contributed by atoms with Crippen molar-refractivity contribution in [2.24, 2.45) is 0 Å². The van der Waals surface area contributed by atoms with Crippen LogP contribution < -0.4 is 5.32 Å². The van der Waals surface area contributed by atoms with Crippen LogP contribution in [0.4, 0.5) is 10.1 Å². The van der Waals surface area contributed by atoms with Gasteiger partial charge in [0.2, 0.25) is 0 Å². The summed E-state index contributed by atoms with van der Waals surface area (Å²) >= 11 is 0. The van der Waals surface area contributed by atoms with E-state index in [1.54, 1.807) is 6.07 Å².